The lowest BCUT2D eigenvalue weighted by atomic mass is 9.94. The summed E-state index contributed by atoms with van der Waals surface area (Å²) in [6.07, 6.45) is 6.09. The number of rotatable bonds is 4. The van der Waals surface area contributed by atoms with Gasteiger partial charge >= 0.3 is 0 Å². The lowest BCUT2D eigenvalue weighted by molar-refractivity contribution is -0.133. The predicted molar refractivity (Wildman–Crippen MR) is 66.6 cm³/mol. The average Bonchev–Trinajstić information content (AvgIpc) is 2.83. The lowest BCUT2D eigenvalue weighted by Gasteiger charge is -2.33. The minimum atomic E-state index is 0.247. The molecule has 0 radical (unpaired) electrons. The van der Waals surface area contributed by atoms with Gasteiger partial charge in [-0.05, 0) is 44.6 Å². The summed E-state index contributed by atoms with van der Waals surface area (Å²) >= 11 is 0. The van der Waals surface area contributed by atoms with Gasteiger partial charge in [-0.15, -0.1) is 0 Å². The molecule has 0 spiro atoms. The molecule has 2 unspecified atom stereocenters. The van der Waals surface area contributed by atoms with Crippen molar-refractivity contribution in [2.24, 2.45) is 5.92 Å². The molecule has 2 aliphatic rings. The molecular formula is C13H24N2O2. The second-order valence-corrected chi connectivity index (χ2v) is 5.36. The average molecular weight is 240 g/mol. The first-order chi connectivity index (χ1) is 8.29. The van der Waals surface area contributed by atoms with Crippen molar-refractivity contribution in [3.05, 3.63) is 0 Å². The maximum absolute atomic E-state index is 12.1. The minimum Gasteiger partial charge on any atom is -0.396 e. The summed E-state index contributed by atoms with van der Waals surface area (Å²) in [4.78, 5) is 14.1. The van der Waals surface area contributed by atoms with Crippen molar-refractivity contribution in [3.63, 3.8) is 0 Å². The normalized spacial score (nSPS) is 29.6. The maximum atomic E-state index is 12.1. The molecule has 0 saturated carbocycles. The van der Waals surface area contributed by atoms with E-state index in [2.05, 4.69) is 5.32 Å². The number of hydrogen-bond donors (Lipinski definition) is 2. The van der Waals surface area contributed by atoms with Gasteiger partial charge in [0.25, 0.3) is 0 Å². The number of aliphatic hydroxyl groups is 1. The molecular weight excluding hydrogens is 216 g/mol. The van der Waals surface area contributed by atoms with Crippen LogP contribution in [0.2, 0.25) is 0 Å². The molecule has 2 fully saturated rings. The van der Waals surface area contributed by atoms with Crippen LogP contribution < -0.4 is 5.32 Å². The SMILES string of the molecule is O=C(CC1CCCN1)N1CCCC(CCO)C1. The quantitative estimate of drug-likeness (QED) is 0.762. The second kappa shape index (κ2) is 6.36. The summed E-state index contributed by atoms with van der Waals surface area (Å²) in [5.41, 5.74) is 0. The summed E-state index contributed by atoms with van der Waals surface area (Å²) in [6.45, 7) is 3.07. The summed E-state index contributed by atoms with van der Waals surface area (Å²) in [5.74, 6) is 0.807. The number of aliphatic hydroxyl groups excluding tert-OH is 1. The molecule has 17 heavy (non-hydrogen) atoms. The third kappa shape index (κ3) is 3.68. The smallest absolute Gasteiger partial charge is 0.224 e. The van der Waals surface area contributed by atoms with Crippen molar-refractivity contribution in [1.29, 1.82) is 0 Å². The summed E-state index contributed by atoms with van der Waals surface area (Å²) < 4.78 is 0. The lowest BCUT2D eigenvalue weighted by Crippen LogP contribution is -2.42. The fourth-order valence-electron chi connectivity index (χ4n) is 2.98. The van der Waals surface area contributed by atoms with E-state index < -0.39 is 0 Å². The molecule has 2 rings (SSSR count). The molecule has 2 heterocycles. The number of carbonyl (C=O) groups excluding carboxylic acids is 1. The molecule has 0 aromatic rings. The highest BCUT2D eigenvalue weighted by atomic mass is 16.3. The number of hydrogen-bond acceptors (Lipinski definition) is 3. The van der Waals surface area contributed by atoms with Crippen molar-refractivity contribution < 1.29 is 9.90 Å². The van der Waals surface area contributed by atoms with Crippen molar-refractivity contribution >= 4 is 5.91 Å². The summed E-state index contributed by atoms with van der Waals surface area (Å²) in [6, 6.07) is 0.403. The Hall–Kier alpha value is -0.610. The molecule has 2 N–H and O–H groups in total. The Morgan fingerprint density at radius 2 is 2.24 bits per heavy atom. The van der Waals surface area contributed by atoms with Crippen LogP contribution in [0, 0.1) is 5.92 Å². The molecule has 2 atom stereocenters. The Morgan fingerprint density at radius 1 is 1.35 bits per heavy atom. The predicted octanol–water partition coefficient (Wildman–Crippen LogP) is 0.749. The van der Waals surface area contributed by atoms with Gasteiger partial charge < -0.3 is 15.3 Å². The van der Waals surface area contributed by atoms with E-state index in [-0.39, 0.29) is 6.61 Å². The molecule has 4 nitrogen and oxygen atoms in total. The first-order valence-electron chi connectivity index (χ1n) is 6.91. The van der Waals surface area contributed by atoms with Gasteiger partial charge in [-0.1, -0.05) is 0 Å². The molecule has 0 aliphatic carbocycles. The largest absolute Gasteiger partial charge is 0.396 e. The minimum absolute atomic E-state index is 0.247. The number of likely N-dealkylation sites (tertiary alicyclic amines) is 1. The van der Waals surface area contributed by atoms with Crippen LogP contribution in [0.5, 0.6) is 0 Å². The van der Waals surface area contributed by atoms with Gasteiger partial charge in [-0.25, -0.2) is 0 Å². The van der Waals surface area contributed by atoms with Crippen molar-refractivity contribution in [3.8, 4) is 0 Å². The van der Waals surface area contributed by atoms with Crippen molar-refractivity contribution in [2.75, 3.05) is 26.2 Å². The topological polar surface area (TPSA) is 52.6 Å². The molecule has 4 heteroatoms. The number of piperidine rings is 1. The zero-order valence-corrected chi connectivity index (χ0v) is 10.5. The van der Waals surface area contributed by atoms with Gasteiger partial charge in [0.15, 0.2) is 0 Å². The van der Waals surface area contributed by atoms with E-state index in [1.54, 1.807) is 0 Å². The highest BCUT2D eigenvalue weighted by molar-refractivity contribution is 5.77. The highest BCUT2D eigenvalue weighted by Gasteiger charge is 2.26. The van der Waals surface area contributed by atoms with E-state index in [1.807, 2.05) is 4.90 Å². The van der Waals surface area contributed by atoms with Gasteiger partial charge in [0.05, 0.1) is 0 Å². The van der Waals surface area contributed by atoms with Crippen LogP contribution in [0.25, 0.3) is 0 Å². The second-order valence-electron chi connectivity index (χ2n) is 5.36. The summed E-state index contributed by atoms with van der Waals surface area (Å²) in [7, 11) is 0. The molecule has 2 saturated heterocycles. The number of carbonyl (C=O) groups is 1. The van der Waals surface area contributed by atoms with E-state index in [4.69, 9.17) is 5.11 Å². The summed E-state index contributed by atoms with van der Waals surface area (Å²) in [5, 5.41) is 12.3. The zero-order chi connectivity index (χ0) is 12.1. The number of nitrogens with zero attached hydrogens (tertiary/aromatic N) is 1. The van der Waals surface area contributed by atoms with Crippen LogP contribution in [-0.2, 0) is 4.79 Å². The van der Waals surface area contributed by atoms with Gasteiger partial charge in [-0.2, -0.15) is 0 Å². The van der Waals surface area contributed by atoms with Gasteiger partial charge in [0, 0.05) is 32.2 Å². The monoisotopic (exact) mass is 240 g/mol. The van der Waals surface area contributed by atoms with Crippen LogP contribution >= 0.6 is 0 Å². The molecule has 0 aromatic heterocycles. The molecule has 1 amide bonds. The number of amides is 1. The van der Waals surface area contributed by atoms with Gasteiger partial charge in [0.1, 0.15) is 0 Å². The molecule has 98 valence electrons. The van der Waals surface area contributed by atoms with E-state index in [0.717, 1.165) is 45.3 Å². The van der Waals surface area contributed by atoms with Gasteiger partial charge in [-0.3, -0.25) is 4.79 Å². The van der Waals surface area contributed by atoms with Crippen LogP contribution in [0.3, 0.4) is 0 Å². The Bertz CT molecular complexity index is 250. The third-order valence-electron chi connectivity index (χ3n) is 3.99. The fraction of sp³-hybridized carbons (Fsp3) is 0.923. The van der Waals surface area contributed by atoms with E-state index in [0.29, 0.717) is 24.3 Å². The van der Waals surface area contributed by atoms with Gasteiger partial charge in [0.2, 0.25) is 5.91 Å². The molecule has 2 aliphatic heterocycles. The van der Waals surface area contributed by atoms with Crippen molar-refractivity contribution in [1.82, 2.24) is 10.2 Å². The Balaban J connectivity index is 1.77. The molecule has 0 aromatic carbocycles. The zero-order valence-electron chi connectivity index (χ0n) is 10.5. The van der Waals surface area contributed by atoms with Crippen molar-refractivity contribution in [2.45, 2.75) is 44.6 Å². The highest BCUT2D eigenvalue weighted by Crippen LogP contribution is 2.20. The third-order valence-corrected chi connectivity index (χ3v) is 3.99. The Morgan fingerprint density at radius 3 is 2.94 bits per heavy atom. The van der Waals surface area contributed by atoms with E-state index >= 15 is 0 Å². The van der Waals surface area contributed by atoms with E-state index in [1.165, 1.54) is 6.42 Å². The van der Waals surface area contributed by atoms with Crippen LogP contribution in [0.4, 0.5) is 0 Å². The van der Waals surface area contributed by atoms with Crippen LogP contribution in [0.1, 0.15) is 38.5 Å². The van der Waals surface area contributed by atoms with Crippen LogP contribution in [-0.4, -0.2) is 48.2 Å². The fourth-order valence-corrected chi connectivity index (χ4v) is 2.98. The number of nitrogens with one attached hydrogen (secondary N) is 1. The Kier molecular flexibility index (Phi) is 4.80. The maximum Gasteiger partial charge on any atom is 0.224 e. The first-order valence-corrected chi connectivity index (χ1v) is 6.91. The van der Waals surface area contributed by atoms with E-state index in [9.17, 15) is 4.79 Å². The standard InChI is InChI=1S/C13H24N2O2/c16-8-5-11-3-2-7-15(10-11)13(17)9-12-4-1-6-14-12/h11-12,14,16H,1-10H2. The van der Waals surface area contributed by atoms with Crippen LogP contribution in [0.15, 0.2) is 0 Å². The molecule has 0 bridgehead atoms. The Labute approximate surface area is 103 Å². The first kappa shape index (κ1) is 12.8.